The fourth-order valence-electron chi connectivity index (χ4n) is 2.64. The third-order valence-electron chi connectivity index (χ3n) is 3.84. The Hall–Kier alpha value is -1.99. The van der Waals surface area contributed by atoms with Crippen molar-refractivity contribution < 1.29 is 4.39 Å². The van der Waals surface area contributed by atoms with Crippen LogP contribution in [-0.4, -0.2) is 21.1 Å². The summed E-state index contributed by atoms with van der Waals surface area (Å²) in [4.78, 5) is 10.2. The molecule has 0 unspecified atom stereocenters. The Morgan fingerprint density at radius 1 is 1.39 bits per heavy atom. The second kappa shape index (κ2) is 6.64. The molecule has 0 aliphatic carbocycles. The number of fused-ring (bicyclic) bond motifs is 1. The molecule has 122 valence electrons. The average Bonchev–Trinajstić information content (AvgIpc) is 3.16. The van der Waals surface area contributed by atoms with Crippen LogP contribution in [0, 0.1) is 5.82 Å². The fraction of sp³-hybridized carbons (Fsp3) is 0.375. The van der Waals surface area contributed by atoms with Crippen LogP contribution in [0.5, 0.6) is 0 Å². The average molecular weight is 333 g/mol. The molecule has 3 aromatic rings. The maximum Gasteiger partial charge on any atom is 0.157 e. The molecule has 0 aromatic carbocycles. The van der Waals surface area contributed by atoms with Gasteiger partial charge in [0.1, 0.15) is 17.3 Å². The van der Waals surface area contributed by atoms with Crippen molar-refractivity contribution in [1.82, 2.24) is 14.5 Å². The Morgan fingerprint density at radius 2 is 2.22 bits per heavy atom. The van der Waals surface area contributed by atoms with E-state index in [1.807, 2.05) is 31.5 Å². The Balaban J connectivity index is 2.08. The number of hydrogen-bond donors (Lipinski definition) is 2. The van der Waals surface area contributed by atoms with Crippen LogP contribution in [0.2, 0.25) is 0 Å². The summed E-state index contributed by atoms with van der Waals surface area (Å²) in [6.45, 7) is 3.00. The molecule has 0 saturated carbocycles. The van der Waals surface area contributed by atoms with Crippen molar-refractivity contribution in [2.24, 2.45) is 12.8 Å². The third kappa shape index (κ3) is 2.94. The standard InChI is InChI=1S/C16H20FN5S/c1-3-12-20-15(19-9-10-5-4-8-23-10)13-14(17)11(6-7-18)22(2)16(13)21-12/h4-5,8H,3,6-7,9,18H2,1-2H3,(H,19,20,21). The van der Waals surface area contributed by atoms with Gasteiger partial charge in [-0.05, 0) is 18.0 Å². The first-order valence-electron chi connectivity index (χ1n) is 7.65. The summed E-state index contributed by atoms with van der Waals surface area (Å²) >= 11 is 1.66. The quantitative estimate of drug-likeness (QED) is 0.728. The van der Waals surface area contributed by atoms with Gasteiger partial charge in [-0.3, -0.25) is 0 Å². The van der Waals surface area contributed by atoms with E-state index in [9.17, 15) is 4.39 Å². The first kappa shape index (κ1) is 15.9. The zero-order valence-corrected chi connectivity index (χ0v) is 14.1. The summed E-state index contributed by atoms with van der Waals surface area (Å²) < 4.78 is 16.6. The molecule has 3 aromatic heterocycles. The number of nitrogens with one attached hydrogen (secondary N) is 1. The monoisotopic (exact) mass is 333 g/mol. The highest BCUT2D eigenvalue weighted by Gasteiger charge is 2.20. The van der Waals surface area contributed by atoms with E-state index in [2.05, 4.69) is 15.3 Å². The fourth-order valence-corrected chi connectivity index (χ4v) is 3.29. The predicted octanol–water partition coefficient (Wildman–Crippen LogP) is 2.84. The number of aromatic nitrogens is 3. The normalized spacial score (nSPS) is 11.3. The molecule has 0 radical (unpaired) electrons. The molecular formula is C16H20FN5S. The maximum atomic E-state index is 14.8. The van der Waals surface area contributed by atoms with Gasteiger partial charge in [0, 0.05) is 24.8 Å². The van der Waals surface area contributed by atoms with E-state index in [4.69, 9.17) is 5.73 Å². The highest BCUT2D eigenvalue weighted by atomic mass is 32.1. The molecule has 0 spiro atoms. The smallest absolute Gasteiger partial charge is 0.157 e. The van der Waals surface area contributed by atoms with E-state index in [0.717, 1.165) is 0 Å². The van der Waals surface area contributed by atoms with E-state index in [1.165, 1.54) is 4.88 Å². The number of rotatable bonds is 6. The van der Waals surface area contributed by atoms with E-state index in [0.29, 0.717) is 54.3 Å². The van der Waals surface area contributed by atoms with E-state index in [1.54, 1.807) is 15.9 Å². The number of thiophene rings is 1. The van der Waals surface area contributed by atoms with Crippen molar-refractivity contribution >= 4 is 28.2 Å². The second-order valence-corrected chi connectivity index (χ2v) is 6.36. The molecule has 0 fully saturated rings. The largest absolute Gasteiger partial charge is 0.364 e. The zero-order valence-electron chi connectivity index (χ0n) is 13.3. The molecular weight excluding hydrogens is 313 g/mol. The number of nitrogens with zero attached hydrogens (tertiary/aromatic N) is 3. The van der Waals surface area contributed by atoms with Gasteiger partial charge in [-0.15, -0.1) is 11.3 Å². The number of anilines is 1. The van der Waals surface area contributed by atoms with Crippen molar-refractivity contribution in [1.29, 1.82) is 0 Å². The molecule has 0 saturated heterocycles. The molecule has 0 aliphatic rings. The number of hydrogen-bond acceptors (Lipinski definition) is 5. The lowest BCUT2D eigenvalue weighted by atomic mass is 10.2. The Labute approximate surface area is 138 Å². The summed E-state index contributed by atoms with van der Waals surface area (Å²) in [6, 6.07) is 4.04. The van der Waals surface area contributed by atoms with Gasteiger partial charge in [0.05, 0.1) is 17.6 Å². The Bertz CT molecular complexity index is 810. The number of nitrogens with two attached hydrogens (primary N) is 1. The van der Waals surface area contributed by atoms with Crippen molar-refractivity contribution in [3.63, 3.8) is 0 Å². The van der Waals surface area contributed by atoms with Crippen LogP contribution in [0.4, 0.5) is 10.2 Å². The van der Waals surface area contributed by atoms with Gasteiger partial charge < -0.3 is 15.6 Å². The van der Waals surface area contributed by atoms with Crippen LogP contribution in [-0.2, 0) is 26.4 Å². The number of aryl methyl sites for hydroxylation is 2. The minimum Gasteiger partial charge on any atom is -0.364 e. The highest BCUT2D eigenvalue weighted by molar-refractivity contribution is 7.09. The molecule has 0 aliphatic heterocycles. The van der Waals surface area contributed by atoms with Crippen molar-refractivity contribution in [2.45, 2.75) is 26.3 Å². The molecule has 0 bridgehead atoms. The van der Waals surface area contributed by atoms with Crippen LogP contribution in [0.1, 0.15) is 23.3 Å². The maximum absolute atomic E-state index is 14.8. The molecule has 0 amide bonds. The summed E-state index contributed by atoms with van der Waals surface area (Å²) in [7, 11) is 1.83. The molecule has 5 nitrogen and oxygen atoms in total. The SMILES string of the molecule is CCc1nc(NCc2cccs2)c2c(F)c(CCN)n(C)c2n1. The van der Waals surface area contributed by atoms with Crippen molar-refractivity contribution in [3.8, 4) is 0 Å². The van der Waals surface area contributed by atoms with Gasteiger partial charge >= 0.3 is 0 Å². The molecule has 7 heteroatoms. The second-order valence-electron chi connectivity index (χ2n) is 5.33. The van der Waals surface area contributed by atoms with Crippen LogP contribution in [0.25, 0.3) is 11.0 Å². The molecule has 3 rings (SSSR count). The van der Waals surface area contributed by atoms with E-state index < -0.39 is 0 Å². The summed E-state index contributed by atoms with van der Waals surface area (Å²) in [5.41, 5.74) is 6.80. The first-order chi connectivity index (χ1) is 11.2. The lowest BCUT2D eigenvalue weighted by molar-refractivity contribution is 0.606. The highest BCUT2D eigenvalue weighted by Crippen LogP contribution is 2.29. The van der Waals surface area contributed by atoms with Gasteiger partial charge in [0.2, 0.25) is 0 Å². The van der Waals surface area contributed by atoms with Crippen LogP contribution in [0.15, 0.2) is 17.5 Å². The Morgan fingerprint density at radius 3 is 2.87 bits per heavy atom. The van der Waals surface area contributed by atoms with Crippen LogP contribution in [0.3, 0.4) is 0 Å². The molecule has 3 N–H and O–H groups in total. The minimum atomic E-state index is -0.274. The lowest BCUT2D eigenvalue weighted by Gasteiger charge is -2.08. The van der Waals surface area contributed by atoms with Crippen molar-refractivity contribution in [2.75, 3.05) is 11.9 Å². The van der Waals surface area contributed by atoms with Gasteiger partial charge in [0.25, 0.3) is 0 Å². The predicted molar refractivity (Wildman–Crippen MR) is 92.2 cm³/mol. The third-order valence-corrected chi connectivity index (χ3v) is 4.72. The lowest BCUT2D eigenvalue weighted by Crippen LogP contribution is -2.08. The zero-order chi connectivity index (χ0) is 16.4. The molecule has 3 heterocycles. The number of halogens is 1. The van der Waals surface area contributed by atoms with Gasteiger partial charge in [-0.25, -0.2) is 14.4 Å². The van der Waals surface area contributed by atoms with Crippen LogP contribution >= 0.6 is 11.3 Å². The van der Waals surface area contributed by atoms with Crippen molar-refractivity contribution in [3.05, 3.63) is 39.7 Å². The van der Waals surface area contributed by atoms with E-state index in [-0.39, 0.29) is 5.82 Å². The summed E-state index contributed by atoms with van der Waals surface area (Å²) in [5, 5.41) is 5.73. The van der Waals surface area contributed by atoms with Gasteiger partial charge in [0.15, 0.2) is 5.82 Å². The molecule has 23 heavy (non-hydrogen) atoms. The summed E-state index contributed by atoms with van der Waals surface area (Å²) in [6.07, 6.45) is 1.17. The Kier molecular flexibility index (Phi) is 4.58. The van der Waals surface area contributed by atoms with Gasteiger partial charge in [-0.1, -0.05) is 13.0 Å². The van der Waals surface area contributed by atoms with Crippen LogP contribution < -0.4 is 11.1 Å². The molecule has 0 atom stereocenters. The minimum absolute atomic E-state index is 0.274. The van der Waals surface area contributed by atoms with E-state index >= 15 is 0 Å². The summed E-state index contributed by atoms with van der Waals surface area (Å²) in [5.74, 6) is 0.979. The first-order valence-corrected chi connectivity index (χ1v) is 8.53. The topological polar surface area (TPSA) is 68.8 Å². The van der Waals surface area contributed by atoms with Gasteiger partial charge in [-0.2, -0.15) is 0 Å².